The largest absolute Gasteiger partial charge is 0.444 e. The number of nitrogens with zero attached hydrogens (tertiary/aromatic N) is 4. The minimum atomic E-state index is 0.411. The summed E-state index contributed by atoms with van der Waals surface area (Å²) in [6, 6.07) is 9.03. The molecule has 1 fully saturated rings. The van der Waals surface area contributed by atoms with E-state index in [0.29, 0.717) is 18.5 Å². The zero-order valence-electron chi connectivity index (χ0n) is 16.5. The zero-order chi connectivity index (χ0) is 19.4. The summed E-state index contributed by atoms with van der Waals surface area (Å²) in [5.41, 5.74) is 2.29. The van der Waals surface area contributed by atoms with Gasteiger partial charge in [0.25, 0.3) is 0 Å². The van der Waals surface area contributed by atoms with Crippen molar-refractivity contribution < 1.29 is 4.42 Å². The minimum Gasteiger partial charge on any atom is -0.444 e. The molecular weight excluding hydrogens is 406 g/mol. The molecule has 1 atom stereocenters. The highest BCUT2D eigenvalue weighted by Gasteiger charge is 2.24. The van der Waals surface area contributed by atoms with Crippen molar-refractivity contribution in [3.8, 4) is 0 Å². The van der Waals surface area contributed by atoms with Crippen LogP contribution in [0.4, 0.5) is 0 Å². The van der Waals surface area contributed by atoms with Crippen LogP contribution < -0.4 is 5.32 Å². The van der Waals surface area contributed by atoms with Gasteiger partial charge in [0.2, 0.25) is 5.89 Å². The number of rotatable bonds is 4. The third-order valence-electron chi connectivity index (χ3n) is 5.20. The Morgan fingerprint density at radius 3 is 2.44 bits per heavy atom. The van der Waals surface area contributed by atoms with E-state index >= 15 is 0 Å². The molecule has 146 valence electrons. The first kappa shape index (κ1) is 19.9. The van der Waals surface area contributed by atoms with Gasteiger partial charge in [-0.3, -0.25) is 9.89 Å². The lowest BCUT2D eigenvalue weighted by molar-refractivity contribution is 0.138. The molecule has 1 N–H and O–H groups in total. The van der Waals surface area contributed by atoms with Gasteiger partial charge in [-0.2, -0.15) is 0 Å². The zero-order valence-corrected chi connectivity index (χ0v) is 18.1. The lowest BCUT2D eigenvalue weighted by Gasteiger charge is -2.39. The molecule has 3 rings (SSSR count). The molecule has 0 radical (unpaired) electrons. The lowest BCUT2D eigenvalue weighted by Crippen LogP contribution is -2.52. The molecule has 27 heavy (non-hydrogen) atoms. The summed E-state index contributed by atoms with van der Waals surface area (Å²) >= 11 is 3.51. The molecule has 1 aromatic heterocycles. The average molecular weight is 434 g/mol. The highest BCUT2D eigenvalue weighted by Crippen LogP contribution is 2.23. The fourth-order valence-corrected chi connectivity index (χ4v) is 3.64. The van der Waals surface area contributed by atoms with E-state index in [1.165, 1.54) is 5.56 Å². The van der Waals surface area contributed by atoms with Crippen LogP contribution in [0.15, 0.2) is 38.1 Å². The van der Waals surface area contributed by atoms with Crippen LogP contribution in [0.3, 0.4) is 0 Å². The number of aryl methyl sites for hydroxylation is 2. The van der Waals surface area contributed by atoms with Gasteiger partial charge in [-0.1, -0.05) is 28.1 Å². The van der Waals surface area contributed by atoms with E-state index in [2.05, 4.69) is 72.2 Å². The van der Waals surface area contributed by atoms with E-state index in [4.69, 9.17) is 4.42 Å². The second kappa shape index (κ2) is 8.89. The van der Waals surface area contributed by atoms with Gasteiger partial charge in [-0.05, 0) is 38.5 Å². The van der Waals surface area contributed by atoms with Crippen molar-refractivity contribution in [1.29, 1.82) is 0 Å². The Labute approximate surface area is 169 Å². The van der Waals surface area contributed by atoms with Crippen LogP contribution in [-0.2, 0) is 6.54 Å². The van der Waals surface area contributed by atoms with Gasteiger partial charge < -0.3 is 14.6 Å². The Hall–Kier alpha value is -1.86. The van der Waals surface area contributed by atoms with Crippen molar-refractivity contribution in [2.24, 2.45) is 4.99 Å². The Morgan fingerprint density at radius 1 is 1.22 bits per heavy atom. The van der Waals surface area contributed by atoms with Gasteiger partial charge >= 0.3 is 0 Å². The summed E-state index contributed by atoms with van der Waals surface area (Å²) in [6.07, 6.45) is 0. The number of hydrogen-bond acceptors (Lipinski definition) is 4. The molecule has 1 saturated heterocycles. The Morgan fingerprint density at radius 2 is 1.89 bits per heavy atom. The molecule has 1 aromatic carbocycles. The van der Waals surface area contributed by atoms with Crippen molar-refractivity contribution in [2.75, 3.05) is 33.2 Å². The van der Waals surface area contributed by atoms with Gasteiger partial charge in [-0.25, -0.2) is 4.98 Å². The molecule has 7 heteroatoms. The molecule has 1 aliphatic rings. The van der Waals surface area contributed by atoms with Crippen LogP contribution in [0.25, 0.3) is 0 Å². The van der Waals surface area contributed by atoms with Crippen molar-refractivity contribution >= 4 is 21.9 Å². The lowest BCUT2D eigenvalue weighted by atomic mass is 10.1. The van der Waals surface area contributed by atoms with Crippen LogP contribution in [-0.4, -0.2) is 54.0 Å². The predicted octanol–water partition coefficient (Wildman–Crippen LogP) is 3.51. The van der Waals surface area contributed by atoms with Crippen molar-refractivity contribution in [1.82, 2.24) is 20.1 Å². The van der Waals surface area contributed by atoms with Crippen molar-refractivity contribution in [3.63, 3.8) is 0 Å². The smallest absolute Gasteiger partial charge is 0.214 e. The Bertz CT molecular complexity index is 759. The molecule has 0 bridgehead atoms. The first-order valence-electron chi connectivity index (χ1n) is 9.36. The first-order valence-corrected chi connectivity index (χ1v) is 10.1. The maximum Gasteiger partial charge on any atom is 0.214 e. The monoisotopic (exact) mass is 433 g/mol. The van der Waals surface area contributed by atoms with E-state index in [-0.39, 0.29) is 0 Å². The molecule has 6 nitrogen and oxygen atoms in total. The van der Waals surface area contributed by atoms with E-state index < -0.39 is 0 Å². The number of hydrogen-bond donors (Lipinski definition) is 1. The summed E-state index contributed by atoms with van der Waals surface area (Å²) in [5.74, 6) is 2.48. The van der Waals surface area contributed by atoms with Crippen LogP contribution in [0, 0.1) is 13.8 Å². The van der Waals surface area contributed by atoms with Crippen LogP contribution in [0.1, 0.15) is 35.9 Å². The normalized spacial score (nSPS) is 17.2. The molecule has 1 unspecified atom stereocenters. The SMILES string of the molecule is CN=C(NCc1nc(C)c(C)o1)N1CCN(C(C)c2ccc(Br)cc2)CC1. The molecule has 0 amide bonds. The molecular formula is C20H28BrN5O. The molecule has 2 heterocycles. The number of aliphatic imine (C=N–C) groups is 1. The first-order chi connectivity index (χ1) is 13.0. The van der Waals surface area contributed by atoms with Gasteiger partial charge in [0.1, 0.15) is 5.76 Å². The molecule has 0 spiro atoms. The van der Waals surface area contributed by atoms with E-state index in [0.717, 1.165) is 48.1 Å². The van der Waals surface area contributed by atoms with Crippen LogP contribution in [0.5, 0.6) is 0 Å². The number of oxazole rings is 1. The molecule has 1 aliphatic heterocycles. The summed E-state index contributed by atoms with van der Waals surface area (Å²) in [4.78, 5) is 13.7. The number of piperazine rings is 1. The second-order valence-electron chi connectivity index (χ2n) is 6.90. The van der Waals surface area contributed by atoms with Crippen LogP contribution in [0.2, 0.25) is 0 Å². The third-order valence-corrected chi connectivity index (χ3v) is 5.72. The summed E-state index contributed by atoms with van der Waals surface area (Å²) in [5, 5.41) is 3.37. The van der Waals surface area contributed by atoms with Crippen LogP contribution >= 0.6 is 15.9 Å². The summed E-state index contributed by atoms with van der Waals surface area (Å²) in [7, 11) is 1.82. The molecule has 0 saturated carbocycles. The second-order valence-corrected chi connectivity index (χ2v) is 7.82. The number of benzene rings is 1. The predicted molar refractivity (Wildman–Crippen MR) is 112 cm³/mol. The Balaban J connectivity index is 1.53. The Kier molecular flexibility index (Phi) is 6.55. The fraction of sp³-hybridized carbons (Fsp3) is 0.500. The average Bonchev–Trinajstić information content (AvgIpc) is 3.00. The highest BCUT2D eigenvalue weighted by molar-refractivity contribution is 9.10. The van der Waals surface area contributed by atoms with Crippen molar-refractivity contribution in [3.05, 3.63) is 51.6 Å². The third kappa shape index (κ3) is 4.90. The quantitative estimate of drug-likeness (QED) is 0.590. The topological polar surface area (TPSA) is 56.9 Å². The fourth-order valence-electron chi connectivity index (χ4n) is 3.37. The summed E-state index contributed by atoms with van der Waals surface area (Å²) < 4.78 is 6.76. The van der Waals surface area contributed by atoms with E-state index in [9.17, 15) is 0 Å². The van der Waals surface area contributed by atoms with Crippen molar-refractivity contribution in [2.45, 2.75) is 33.4 Å². The molecule has 0 aliphatic carbocycles. The highest BCUT2D eigenvalue weighted by atomic mass is 79.9. The van der Waals surface area contributed by atoms with Gasteiger partial charge in [0, 0.05) is 43.7 Å². The number of aromatic nitrogens is 1. The van der Waals surface area contributed by atoms with E-state index in [1.54, 1.807) is 0 Å². The standard InChI is InChI=1S/C20H28BrN5O/c1-14-16(3)27-19(24-14)13-23-20(22-4)26-11-9-25(10-12-26)15(2)17-5-7-18(21)8-6-17/h5-8,15H,9-13H2,1-4H3,(H,22,23). The van der Waals surface area contributed by atoms with Gasteiger partial charge in [0.05, 0.1) is 12.2 Å². The summed E-state index contributed by atoms with van der Waals surface area (Å²) in [6.45, 7) is 10.6. The van der Waals surface area contributed by atoms with Gasteiger partial charge in [0.15, 0.2) is 5.96 Å². The maximum atomic E-state index is 5.64. The van der Waals surface area contributed by atoms with E-state index in [1.807, 2.05) is 20.9 Å². The number of nitrogens with one attached hydrogen (secondary N) is 1. The maximum absolute atomic E-state index is 5.64. The molecule has 2 aromatic rings. The number of halogens is 1. The minimum absolute atomic E-state index is 0.411. The van der Waals surface area contributed by atoms with Gasteiger partial charge in [-0.15, -0.1) is 0 Å². The number of guanidine groups is 1.